The molecule has 0 aliphatic rings. The molecule has 0 radical (unpaired) electrons. The quantitative estimate of drug-likeness (QED) is 0.490. The van der Waals surface area contributed by atoms with Crippen molar-refractivity contribution in [3.05, 3.63) is 38.7 Å². The minimum atomic E-state index is -1.02. The summed E-state index contributed by atoms with van der Waals surface area (Å²) in [5.74, 6) is -1.02. The van der Waals surface area contributed by atoms with E-state index in [1.807, 2.05) is 0 Å². The molecule has 0 fully saturated rings. The van der Waals surface area contributed by atoms with Crippen molar-refractivity contribution in [2.24, 2.45) is 5.11 Å². The third-order valence-corrected chi connectivity index (χ3v) is 1.98. The molecule has 1 N–H and O–H groups in total. The molecule has 0 atom stereocenters. The molecule has 0 amide bonds. The van der Waals surface area contributed by atoms with Crippen molar-refractivity contribution in [1.82, 2.24) is 0 Å². The van der Waals surface area contributed by atoms with Crippen molar-refractivity contribution < 1.29 is 9.90 Å². The van der Waals surface area contributed by atoms with Gasteiger partial charge in [-0.15, -0.1) is 0 Å². The van der Waals surface area contributed by atoms with Gasteiger partial charge < -0.3 is 5.11 Å². The van der Waals surface area contributed by atoms with Gasteiger partial charge in [0.2, 0.25) is 0 Å². The number of carbonyl (C=O) groups is 1. The lowest BCUT2D eigenvalue weighted by Crippen LogP contribution is -1.94. The molecule has 1 aromatic rings. The van der Waals surface area contributed by atoms with E-state index < -0.39 is 5.97 Å². The van der Waals surface area contributed by atoms with Crippen LogP contribution in [0.5, 0.6) is 0 Å². The normalized spacial score (nSPS) is 9.00. The van der Waals surface area contributed by atoms with Gasteiger partial charge in [-0.3, -0.25) is 0 Å². The van der Waals surface area contributed by atoms with Gasteiger partial charge in [-0.05, 0) is 17.7 Å². The van der Waals surface area contributed by atoms with Gasteiger partial charge in [0.15, 0.2) is 0 Å². The first kappa shape index (κ1) is 9.57. The van der Waals surface area contributed by atoms with E-state index in [-0.39, 0.29) is 5.56 Å². The number of carboxylic acids is 1. The predicted octanol–water partition coefficient (Wildman–Crippen LogP) is 3.09. The Labute approximate surface area is 81.8 Å². The van der Waals surface area contributed by atoms with Crippen LogP contribution in [0.3, 0.4) is 0 Å². The highest BCUT2D eigenvalue weighted by atomic mass is 79.9. The third-order valence-electron chi connectivity index (χ3n) is 1.35. The molecule has 0 saturated heterocycles. The van der Waals surface area contributed by atoms with E-state index in [9.17, 15) is 4.79 Å². The highest BCUT2D eigenvalue weighted by Crippen LogP contribution is 2.26. The maximum Gasteiger partial charge on any atom is 0.335 e. The van der Waals surface area contributed by atoms with Crippen LogP contribution >= 0.6 is 15.9 Å². The Morgan fingerprint density at radius 2 is 2.31 bits per heavy atom. The second kappa shape index (κ2) is 3.93. The van der Waals surface area contributed by atoms with Gasteiger partial charge in [0, 0.05) is 9.38 Å². The van der Waals surface area contributed by atoms with Crippen LogP contribution < -0.4 is 0 Å². The van der Waals surface area contributed by atoms with E-state index >= 15 is 0 Å². The summed E-state index contributed by atoms with van der Waals surface area (Å²) in [5.41, 5.74) is 8.65. The molecule has 6 heteroatoms. The zero-order valence-corrected chi connectivity index (χ0v) is 7.89. The maximum absolute atomic E-state index is 10.5. The molecule has 0 aromatic heterocycles. The monoisotopic (exact) mass is 241 g/mol. The fourth-order valence-corrected chi connectivity index (χ4v) is 1.23. The number of azide groups is 1. The van der Waals surface area contributed by atoms with Gasteiger partial charge in [0.1, 0.15) is 0 Å². The first-order chi connectivity index (χ1) is 6.15. The molecule has 1 aromatic carbocycles. The molecule has 0 saturated carbocycles. The molecule has 0 spiro atoms. The molecule has 5 nitrogen and oxygen atoms in total. The summed E-state index contributed by atoms with van der Waals surface area (Å²) in [4.78, 5) is 13.1. The van der Waals surface area contributed by atoms with Crippen molar-refractivity contribution in [3.63, 3.8) is 0 Å². The predicted molar refractivity (Wildman–Crippen MR) is 49.9 cm³/mol. The van der Waals surface area contributed by atoms with E-state index in [2.05, 4.69) is 26.0 Å². The Bertz CT molecular complexity index is 399. The van der Waals surface area contributed by atoms with Crippen molar-refractivity contribution >= 4 is 27.6 Å². The van der Waals surface area contributed by atoms with Crippen LogP contribution in [0, 0.1) is 0 Å². The number of halogens is 1. The maximum atomic E-state index is 10.5. The van der Waals surface area contributed by atoms with E-state index in [0.717, 1.165) is 0 Å². The van der Waals surface area contributed by atoms with Crippen molar-refractivity contribution in [2.75, 3.05) is 0 Å². The average molecular weight is 242 g/mol. The molecular formula is C7H4BrN3O2. The fourth-order valence-electron chi connectivity index (χ4n) is 0.769. The number of benzene rings is 1. The number of hydrogen-bond donors (Lipinski definition) is 1. The standard InChI is InChI=1S/C7H4BrN3O2/c8-5-3-4(7(12)13)1-2-6(5)10-11-9/h1-3H,(H,12,13). The largest absolute Gasteiger partial charge is 0.478 e. The van der Waals surface area contributed by atoms with E-state index in [0.29, 0.717) is 10.2 Å². The molecule has 0 unspecified atom stereocenters. The van der Waals surface area contributed by atoms with Crippen LogP contribution in [-0.4, -0.2) is 11.1 Å². The minimum absolute atomic E-state index is 0.142. The molecule has 0 heterocycles. The Kier molecular flexibility index (Phi) is 2.89. The van der Waals surface area contributed by atoms with Gasteiger partial charge in [-0.1, -0.05) is 27.1 Å². The number of carboxylic acid groups (broad SMARTS) is 1. The summed E-state index contributed by atoms with van der Waals surface area (Å²) >= 11 is 3.09. The smallest absolute Gasteiger partial charge is 0.335 e. The lowest BCUT2D eigenvalue weighted by Gasteiger charge is -1.98. The molecule has 0 bridgehead atoms. The van der Waals surface area contributed by atoms with Crippen LogP contribution in [-0.2, 0) is 0 Å². The van der Waals surface area contributed by atoms with Crippen molar-refractivity contribution in [1.29, 1.82) is 0 Å². The third kappa shape index (κ3) is 2.21. The van der Waals surface area contributed by atoms with Gasteiger partial charge in [-0.2, -0.15) is 0 Å². The highest BCUT2D eigenvalue weighted by Gasteiger charge is 2.04. The van der Waals surface area contributed by atoms with Crippen LogP contribution in [0.1, 0.15) is 10.4 Å². The van der Waals surface area contributed by atoms with E-state index in [1.54, 1.807) is 0 Å². The summed E-state index contributed by atoms with van der Waals surface area (Å²) in [7, 11) is 0. The van der Waals surface area contributed by atoms with Crippen molar-refractivity contribution in [3.8, 4) is 0 Å². The molecule has 1 rings (SSSR count). The van der Waals surface area contributed by atoms with Gasteiger partial charge in [0.25, 0.3) is 0 Å². The second-order valence-corrected chi connectivity index (χ2v) is 3.02. The topological polar surface area (TPSA) is 86.1 Å². The van der Waals surface area contributed by atoms with Gasteiger partial charge >= 0.3 is 5.97 Å². The molecular weight excluding hydrogens is 238 g/mol. The van der Waals surface area contributed by atoms with Crippen LogP contribution in [0.25, 0.3) is 10.4 Å². The number of aromatic carboxylic acids is 1. The summed E-state index contributed by atoms with van der Waals surface area (Å²) < 4.78 is 0.463. The molecule has 66 valence electrons. The number of nitrogens with zero attached hydrogens (tertiary/aromatic N) is 3. The molecule has 0 aliphatic heterocycles. The van der Waals surface area contributed by atoms with Gasteiger partial charge in [-0.25, -0.2) is 4.79 Å². The Balaban J connectivity index is 3.19. The Morgan fingerprint density at radius 3 is 2.77 bits per heavy atom. The van der Waals surface area contributed by atoms with Crippen LogP contribution in [0.2, 0.25) is 0 Å². The Morgan fingerprint density at radius 1 is 1.62 bits per heavy atom. The SMILES string of the molecule is [N-]=[N+]=Nc1ccc(C(=O)O)cc1Br. The summed E-state index contributed by atoms with van der Waals surface area (Å²) in [5, 5.41) is 12.0. The highest BCUT2D eigenvalue weighted by molar-refractivity contribution is 9.10. The average Bonchev–Trinajstić information content (AvgIpc) is 2.08. The fraction of sp³-hybridized carbons (Fsp3) is 0. The summed E-state index contributed by atoms with van der Waals surface area (Å²) in [6.07, 6.45) is 0. The lowest BCUT2D eigenvalue weighted by molar-refractivity contribution is 0.0697. The number of hydrogen-bond acceptors (Lipinski definition) is 2. The van der Waals surface area contributed by atoms with Gasteiger partial charge in [0.05, 0.1) is 11.3 Å². The summed E-state index contributed by atoms with van der Waals surface area (Å²) in [6.45, 7) is 0. The van der Waals surface area contributed by atoms with Crippen molar-refractivity contribution in [2.45, 2.75) is 0 Å². The zero-order chi connectivity index (χ0) is 9.84. The lowest BCUT2D eigenvalue weighted by atomic mass is 10.2. The molecule has 0 aliphatic carbocycles. The van der Waals surface area contributed by atoms with E-state index in [4.69, 9.17) is 10.6 Å². The minimum Gasteiger partial charge on any atom is -0.478 e. The summed E-state index contributed by atoms with van der Waals surface area (Å²) in [6, 6.07) is 4.19. The Hall–Kier alpha value is -1.52. The van der Waals surface area contributed by atoms with Crippen LogP contribution in [0.4, 0.5) is 5.69 Å². The van der Waals surface area contributed by atoms with Crippen LogP contribution in [0.15, 0.2) is 27.8 Å². The zero-order valence-electron chi connectivity index (χ0n) is 6.31. The first-order valence-electron chi connectivity index (χ1n) is 3.23. The first-order valence-corrected chi connectivity index (χ1v) is 4.02. The molecule has 13 heavy (non-hydrogen) atoms. The second-order valence-electron chi connectivity index (χ2n) is 2.16. The number of rotatable bonds is 2. The van der Waals surface area contributed by atoms with E-state index in [1.165, 1.54) is 18.2 Å².